The molecule has 1 aliphatic heterocycles. The Morgan fingerprint density at radius 3 is 2.94 bits per heavy atom. The van der Waals surface area contributed by atoms with E-state index in [1.165, 1.54) is 6.42 Å². The molecule has 1 unspecified atom stereocenters. The highest BCUT2D eigenvalue weighted by Crippen LogP contribution is 2.20. The van der Waals surface area contributed by atoms with Crippen molar-refractivity contribution in [3.63, 3.8) is 0 Å². The Bertz CT molecular complexity index is 428. The molecular weight excluding hydrogens is 232 g/mol. The second-order valence-electron chi connectivity index (χ2n) is 4.41. The van der Waals surface area contributed by atoms with Crippen LogP contribution in [0.2, 0.25) is 0 Å². The normalized spacial score (nSPS) is 19.4. The number of amides is 1. The van der Waals surface area contributed by atoms with Crippen LogP contribution in [0.25, 0.3) is 0 Å². The summed E-state index contributed by atoms with van der Waals surface area (Å²) in [5.41, 5.74) is 11.5. The second kappa shape index (κ2) is 5.73. The fourth-order valence-corrected chi connectivity index (χ4v) is 1.97. The van der Waals surface area contributed by atoms with Crippen molar-refractivity contribution in [3.05, 3.63) is 23.8 Å². The van der Waals surface area contributed by atoms with Crippen LogP contribution in [0.15, 0.2) is 18.2 Å². The van der Waals surface area contributed by atoms with Gasteiger partial charge in [-0.15, -0.1) is 0 Å². The number of carbonyl (C=O) groups excluding carboxylic acids is 1. The number of nitrogens with two attached hydrogens (primary N) is 2. The quantitative estimate of drug-likeness (QED) is 0.789. The van der Waals surface area contributed by atoms with E-state index in [2.05, 4.69) is 0 Å². The minimum absolute atomic E-state index is 0.133. The molecular formula is C13H18N2O3. The number of primary amides is 1. The van der Waals surface area contributed by atoms with E-state index in [-0.39, 0.29) is 11.7 Å². The first kappa shape index (κ1) is 12.7. The maximum absolute atomic E-state index is 11.1. The zero-order valence-corrected chi connectivity index (χ0v) is 10.2. The molecule has 1 fully saturated rings. The van der Waals surface area contributed by atoms with Crippen molar-refractivity contribution in [1.29, 1.82) is 0 Å². The molecule has 2 rings (SSSR count). The minimum atomic E-state index is -0.549. The van der Waals surface area contributed by atoms with E-state index in [1.807, 2.05) is 0 Å². The van der Waals surface area contributed by atoms with Crippen molar-refractivity contribution < 1.29 is 14.3 Å². The van der Waals surface area contributed by atoms with Crippen LogP contribution in [0.5, 0.6) is 5.75 Å². The van der Waals surface area contributed by atoms with Crippen LogP contribution in [0.4, 0.5) is 5.69 Å². The molecule has 0 bridgehead atoms. The summed E-state index contributed by atoms with van der Waals surface area (Å²) in [7, 11) is 0. The predicted octanol–water partition coefficient (Wildman–Crippen LogP) is 1.32. The van der Waals surface area contributed by atoms with E-state index >= 15 is 0 Å². The Balaban J connectivity index is 1.96. The van der Waals surface area contributed by atoms with Gasteiger partial charge in [0.15, 0.2) is 0 Å². The van der Waals surface area contributed by atoms with Gasteiger partial charge in [-0.1, -0.05) is 0 Å². The molecule has 1 saturated heterocycles. The lowest BCUT2D eigenvalue weighted by molar-refractivity contribution is -0.0110. The Labute approximate surface area is 106 Å². The molecule has 1 aliphatic rings. The lowest BCUT2D eigenvalue weighted by atomic mass is 10.1. The highest BCUT2D eigenvalue weighted by atomic mass is 16.5. The standard InChI is InChI=1S/C13H18N2O3/c14-12-5-4-9(7-11(12)13(15)16)18-8-10-3-1-2-6-17-10/h4-5,7,10H,1-3,6,8,14H2,(H2,15,16). The van der Waals surface area contributed by atoms with Gasteiger partial charge in [-0.2, -0.15) is 0 Å². The first-order valence-electron chi connectivity index (χ1n) is 6.10. The number of benzene rings is 1. The Hall–Kier alpha value is -1.75. The molecule has 0 aliphatic carbocycles. The fraction of sp³-hybridized carbons (Fsp3) is 0.462. The summed E-state index contributed by atoms with van der Waals surface area (Å²) in [6.07, 6.45) is 3.43. The third kappa shape index (κ3) is 3.13. The molecule has 4 N–H and O–H groups in total. The lowest BCUT2D eigenvalue weighted by Crippen LogP contribution is -2.25. The van der Waals surface area contributed by atoms with Gasteiger partial charge in [0.2, 0.25) is 0 Å². The van der Waals surface area contributed by atoms with Crippen LogP contribution in [-0.4, -0.2) is 25.2 Å². The third-order valence-electron chi connectivity index (χ3n) is 3.00. The van der Waals surface area contributed by atoms with E-state index in [0.717, 1.165) is 19.4 Å². The number of hydrogen-bond donors (Lipinski definition) is 2. The Morgan fingerprint density at radius 1 is 1.44 bits per heavy atom. The smallest absolute Gasteiger partial charge is 0.250 e. The number of rotatable bonds is 4. The summed E-state index contributed by atoms with van der Waals surface area (Å²) >= 11 is 0. The largest absolute Gasteiger partial charge is 0.491 e. The van der Waals surface area contributed by atoms with E-state index in [0.29, 0.717) is 18.0 Å². The molecule has 98 valence electrons. The highest BCUT2D eigenvalue weighted by molar-refractivity contribution is 5.98. The van der Waals surface area contributed by atoms with Crippen LogP contribution >= 0.6 is 0 Å². The summed E-state index contributed by atoms with van der Waals surface area (Å²) in [5.74, 6) is 0.0408. The molecule has 5 heteroatoms. The molecule has 5 nitrogen and oxygen atoms in total. The summed E-state index contributed by atoms with van der Waals surface area (Å²) < 4.78 is 11.2. The van der Waals surface area contributed by atoms with Crippen molar-refractivity contribution in [3.8, 4) is 5.75 Å². The molecule has 0 spiro atoms. The van der Waals surface area contributed by atoms with Crippen molar-refractivity contribution in [2.45, 2.75) is 25.4 Å². The van der Waals surface area contributed by atoms with E-state index in [1.54, 1.807) is 18.2 Å². The Kier molecular flexibility index (Phi) is 4.04. The molecule has 1 aromatic carbocycles. The zero-order chi connectivity index (χ0) is 13.0. The van der Waals surface area contributed by atoms with Gasteiger partial charge in [-0.3, -0.25) is 4.79 Å². The van der Waals surface area contributed by atoms with Gasteiger partial charge in [0.25, 0.3) is 5.91 Å². The molecule has 0 saturated carbocycles. The molecule has 1 amide bonds. The van der Waals surface area contributed by atoms with Crippen molar-refractivity contribution >= 4 is 11.6 Å². The highest BCUT2D eigenvalue weighted by Gasteiger charge is 2.15. The Morgan fingerprint density at radius 2 is 2.28 bits per heavy atom. The third-order valence-corrected chi connectivity index (χ3v) is 3.00. The van der Waals surface area contributed by atoms with Gasteiger partial charge in [0, 0.05) is 12.3 Å². The fourth-order valence-electron chi connectivity index (χ4n) is 1.97. The summed E-state index contributed by atoms with van der Waals surface area (Å²) in [4.78, 5) is 11.1. The number of carbonyl (C=O) groups is 1. The average Bonchev–Trinajstić information content (AvgIpc) is 2.38. The van der Waals surface area contributed by atoms with Crippen LogP contribution in [-0.2, 0) is 4.74 Å². The van der Waals surface area contributed by atoms with Crippen LogP contribution in [0, 0.1) is 0 Å². The SMILES string of the molecule is NC(=O)c1cc(OCC2CCCCO2)ccc1N. The van der Waals surface area contributed by atoms with Gasteiger partial charge in [-0.05, 0) is 37.5 Å². The minimum Gasteiger partial charge on any atom is -0.491 e. The molecule has 1 atom stereocenters. The second-order valence-corrected chi connectivity index (χ2v) is 4.41. The molecule has 18 heavy (non-hydrogen) atoms. The molecule has 1 heterocycles. The summed E-state index contributed by atoms with van der Waals surface area (Å²) in [6.45, 7) is 1.28. The maximum atomic E-state index is 11.1. The topological polar surface area (TPSA) is 87.6 Å². The maximum Gasteiger partial charge on any atom is 0.250 e. The monoisotopic (exact) mass is 250 g/mol. The first-order chi connectivity index (χ1) is 8.66. The van der Waals surface area contributed by atoms with Crippen LogP contribution < -0.4 is 16.2 Å². The lowest BCUT2D eigenvalue weighted by Gasteiger charge is -2.22. The number of ether oxygens (including phenoxy) is 2. The van der Waals surface area contributed by atoms with Crippen molar-refractivity contribution in [2.75, 3.05) is 18.9 Å². The van der Waals surface area contributed by atoms with Gasteiger partial charge in [-0.25, -0.2) is 0 Å². The zero-order valence-electron chi connectivity index (χ0n) is 10.2. The number of hydrogen-bond acceptors (Lipinski definition) is 4. The summed E-state index contributed by atoms with van der Waals surface area (Å²) in [5, 5.41) is 0. The summed E-state index contributed by atoms with van der Waals surface area (Å²) in [6, 6.07) is 4.92. The first-order valence-corrected chi connectivity index (χ1v) is 6.10. The molecule has 0 aromatic heterocycles. The van der Waals surface area contributed by atoms with Gasteiger partial charge in [0.1, 0.15) is 12.4 Å². The van der Waals surface area contributed by atoms with Crippen LogP contribution in [0.1, 0.15) is 29.6 Å². The van der Waals surface area contributed by atoms with Gasteiger partial charge in [0.05, 0.1) is 11.7 Å². The van der Waals surface area contributed by atoms with Gasteiger partial charge >= 0.3 is 0 Å². The van der Waals surface area contributed by atoms with E-state index < -0.39 is 5.91 Å². The number of anilines is 1. The van der Waals surface area contributed by atoms with Crippen molar-refractivity contribution in [1.82, 2.24) is 0 Å². The van der Waals surface area contributed by atoms with Crippen LogP contribution in [0.3, 0.4) is 0 Å². The molecule has 1 aromatic rings. The average molecular weight is 250 g/mol. The molecule has 0 radical (unpaired) electrons. The van der Waals surface area contributed by atoms with Crippen molar-refractivity contribution in [2.24, 2.45) is 5.73 Å². The van der Waals surface area contributed by atoms with Gasteiger partial charge < -0.3 is 20.9 Å². The predicted molar refractivity (Wildman–Crippen MR) is 68.5 cm³/mol. The number of nitrogen functional groups attached to an aromatic ring is 1. The van der Waals surface area contributed by atoms with E-state index in [4.69, 9.17) is 20.9 Å². The van der Waals surface area contributed by atoms with E-state index in [9.17, 15) is 4.79 Å².